The first-order chi connectivity index (χ1) is 13.0. The summed E-state index contributed by atoms with van der Waals surface area (Å²) in [7, 11) is 5.69. The van der Waals surface area contributed by atoms with Gasteiger partial charge in [-0.05, 0) is 69.5 Å². The van der Waals surface area contributed by atoms with E-state index in [1.54, 1.807) is 36.3 Å². The third kappa shape index (κ3) is 4.77. The van der Waals surface area contributed by atoms with Gasteiger partial charge in [-0.25, -0.2) is 4.98 Å². The summed E-state index contributed by atoms with van der Waals surface area (Å²) >= 11 is 7.46. The summed E-state index contributed by atoms with van der Waals surface area (Å²) < 4.78 is 6.28. The van der Waals surface area contributed by atoms with Crippen molar-refractivity contribution in [2.75, 3.05) is 39.2 Å². The number of ether oxygens (including phenoxy) is 1. The van der Waals surface area contributed by atoms with Gasteiger partial charge in [0.15, 0.2) is 5.13 Å². The van der Waals surface area contributed by atoms with Crippen molar-refractivity contribution in [1.29, 1.82) is 0 Å². The Labute approximate surface area is 168 Å². The van der Waals surface area contributed by atoms with Crippen molar-refractivity contribution in [2.24, 2.45) is 0 Å². The van der Waals surface area contributed by atoms with Gasteiger partial charge in [0.1, 0.15) is 5.75 Å². The number of benzene rings is 2. The number of methoxy groups -OCH3 is 1. The van der Waals surface area contributed by atoms with Crippen LogP contribution in [0.3, 0.4) is 0 Å². The molecule has 142 valence electrons. The lowest BCUT2D eigenvalue weighted by Crippen LogP contribution is -2.33. The van der Waals surface area contributed by atoms with Crippen LogP contribution in [0.5, 0.6) is 5.75 Å². The smallest absolute Gasteiger partial charge is 0.260 e. The van der Waals surface area contributed by atoms with Gasteiger partial charge in [-0.1, -0.05) is 22.9 Å². The van der Waals surface area contributed by atoms with E-state index in [1.807, 2.05) is 32.3 Å². The van der Waals surface area contributed by atoms with E-state index in [1.165, 1.54) is 11.3 Å². The summed E-state index contributed by atoms with van der Waals surface area (Å²) in [6.45, 7) is 1.49. The summed E-state index contributed by atoms with van der Waals surface area (Å²) in [5.74, 6) is 0.706. The molecule has 3 rings (SSSR count). The van der Waals surface area contributed by atoms with Gasteiger partial charge in [0.05, 0.1) is 17.3 Å². The quantitative estimate of drug-likeness (QED) is 0.580. The number of carbonyl (C=O) groups excluding carboxylic acids is 1. The van der Waals surface area contributed by atoms with E-state index in [9.17, 15) is 4.79 Å². The number of halogens is 1. The molecule has 0 fully saturated rings. The molecule has 0 N–H and O–H groups in total. The van der Waals surface area contributed by atoms with Gasteiger partial charge < -0.3 is 9.64 Å². The molecule has 1 aromatic heterocycles. The predicted molar refractivity (Wildman–Crippen MR) is 112 cm³/mol. The lowest BCUT2D eigenvalue weighted by molar-refractivity contribution is 0.0986. The van der Waals surface area contributed by atoms with E-state index >= 15 is 0 Å². The molecule has 27 heavy (non-hydrogen) atoms. The molecule has 0 radical (unpaired) electrons. The minimum absolute atomic E-state index is 0.0727. The van der Waals surface area contributed by atoms with E-state index in [0.717, 1.165) is 28.9 Å². The highest BCUT2D eigenvalue weighted by atomic mass is 35.5. The first kappa shape index (κ1) is 19.6. The van der Waals surface area contributed by atoms with E-state index in [0.29, 0.717) is 22.3 Å². The minimum atomic E-state index is -0.0727. The lowest BCUT2D eigenvalue weighted by Gasteiger charge is -2.21. The fourth-order valence-electron chi connectivity index (χ4n) is 2.71. The normalized spacial score (nSPS) is 11.1. The van der Waals surface area contributed by atoms with Crippen molar-refractivity contribution in [2.45, 2.75) is 6.42 Å². The third-order valence-electron chi connectivity index (χ3n) is 4.14. The van der Waals surface area contributed by atoms with Crippen molar-refractivity contribution in [3.05, 3.63) is 53.1 Å². The third-order valence-corrected chi connectivity index (χ3v) is 5.43. The lowest BCUT2D eigenvalue weighted by atomic mass is 10.2. The van der Waals surface area contributed by atoms with Crippen molar-refractivity contribution >= 4 is 44.2 Å². The van der Waals surface area contributed by atoms with Crippen LogP contribution < -0.4 is 9.64 Å². The van der Waals surface area contributed by atoms with Crippen molar-refractivity contribution in [1.82, 2.24) is 9.88 Å². The van der Waals surface area contributed by atoms with Crippen LogP contribution in [-0.2, 0) is 0 Å². The summed E-state index contributed by atoms with van der Waals surface area (Å²) in [6, 6.07) is 12.7. The molecule has 0 aliphatic heterocycles. The maximum absolute atomic E-state index is 13.1. The van der Waals surface area contributed by atoms with Gasteiger partial charge in [-0.2, -0.15) is 0 Å². The first-order valence-corrected chi connectivity index (χ1v) is 9.84. The minimum Gasteiger partial charge on any atom is -0.497 e. The SMILES string of the molecule is COc1ccc2nc(N(CCCN(C)C)C(=O)c3ccc(Cl)cc3)sc2c1. The zero-order chi connectivity index (χ0) is 19.4. The fraction of sp³-hybridized carbons (Fsp3) is 0.300. The number of nitrogens with zero attached hydrogens (tertiary/aromatic N) is 3. The molecule has 0 bridgehead atoms. The van der Waals surface area contributed by atoms with Crippen molar-refractivity contribution in [3.63, 3.8) is 0 Å². The molecule has 2 aromatic carbocycles. The number of hydrogen-bond donors (Lipinski definition) is 0. The average molecular weight is 404 g/mol. The van der Waals surface area contributed by atoms with E-state index in [-0.39, 0.29) is 5.91 Å². The summed E-state index contributed by atoms with van der Waals surface area (Å²) in [5.41, 5.74) is 1.46. The number of amides is 1. The number of carbonyl (C=O) groups is 1. The van der Waals surface area contributed by atoms with Gasteiger partial charge >= 0.3 is 0 Å². The number of fused-ring (bicyclic) bond motifs is 1. The largest absolute Gasteiger partial charge is 0.497 e. The van der Waals surface area contributed by atoms with E-state index < -0.39 is 0 Å². The topological polar surface area (TPSA) is 45.7 Å². The van der Waals surface area contributed by atoms with Crippen LogP contribution in [0.1, 0.15) is 16.8 Å². The molecular formula is C20H22ClN3O2S. The Morgan fingerprint density at radius 1 is 1.15 bits per heavy atom. The molecule has 0 aliphatic carbocycles. The van der Waals surface area contributed by atoms with Crippen LogP contribution in [0.2, 0.25) is 5.02 Å². The number of rotatable bonds is 7. The van der Waals surface area contributed by atoms with Crippen LogP contribution in [-0.4, -0.2) is 50.1 Å². The maximum atomic E-state index is 13.1. The van der Waals surface area contributed by atoms with E-state index in [4.69, 9.17) is 16.3 Å². The number of thiazole rings is 1. The zero-order valence-corrected chi connectivity index (χ0v) is 17.2. The summed E-state index contributed by atoms with van der Waals surface area (Å²) in [4.78, 5) is 21.7. The number of hydrogen-bond acceptors (Lipinski definition) is 5. The second-order valence-electron chi connectivity index (χ2n) is 6.45. The Bertz CT molecular complexity index is 925. The molecule has 0 unspecified atom stereocenters. The number of aromatic nitrogens is 1. The van der Waals surface area contributed by atoms with Crippen molar-refractivity contribution < 1.29 is 9.53 Å². The Kier molecular flexibility index (Phi) is 6.31. The van der Waals surface area contributed by atoms with Crippen LogP contribution in [0.25, 0.3) is 10.2 Å². The standard InChI is InChI=1S/C20H22ClN3O2S/c1-23(2)11-4-12-24(19(25)14-5-7-15(21)8-6-14)20-22-17-10-9-16(26-3)13-18(17)27-20/h5-10,13H,4,11-12H2,1-3H3. The molecule has 7 heteroatoms. The van der Waals surface area contributed by atoms with Gasteiger partial charge in [-0.3, -0.25) is 9.69 Å². The second-order valence-corrected chi connectivity index (χ2v) is 7.90. The Morgan fingerprint density at radius 2 is 1.89 bits per heavy atom. The van der Waals surface area contributed by atoms with Crippen LogP contribution in [0.15, 0.2) is 42.5 Å². The Hall–Kier alpha value is -2.15. The van der Waals surface area contributed by atoms with Gasteiger partial charge in [-0.15, -0.1) is 0 Å². The predicted octanol–water partition coefficient (Wildman–Crippen LogP) is 4.56. The summed E-state index contributed by atoms with van der Waals surface area (Å²) in [6.07, 6.45) is 0.853. The molecule has 1 amide bonds. The Morgan fingerprint density at radius 3 is 2.56 bits per heavy atom. The zero-order valence-electron chi connectivity index (χ0n) is 15.6. The maximum Gasteiger partial charge on any atom is 0.260 e. The summed E-state index contributed by atoms with van der Waals surface area (Å²) in [5, 5.41) is 1.30. The molecule has 0 spiro atoms. The van der Waals surface area contributed by atoms with Crippen LogP contribution >= 0.6 is 22.9 Å². The van der Waals surface area contributed by atoms with Crippen LogP contribution in [0.4, 0.5) is 5.13 Å². The highest BCUT2D eigenvalue weighted by Crippen LogP contribution is 2.32. The van der Waals surface area contributed by atoms with Gasteiger partial charge in [0.25, 0.3) is 5.91 Å². The molecule has 3 aromatic rings. The second kappa shape index (κ2) is 8.69. The highest BCUT2D eigenvalue weighted by molar-refractivity contribution is 7.22. The van der Waals surface area contributed by atoms with Gasteiger partial charge in [0.2, 0.25) is 0 Å². The fourth-order valence-corrected chi connectivity index (χ4v) is 3.86. The molecule has 5 nitrogen and oxygen atoms in total. The molecular weight excluding hydrogens is 382 g/mol. The van der Waals surface area contributed by atoms with Crippen molar-refractivity contribution in [3.8, 4) is 5.75 Å². The highest BCUT2D eigenvalue weighted by Gasteiger charge is 2.21. The van der Waals surface area contributed by atoms with Gasteiger partial charge in [0, 0.05) is 17.1 Å². The first-order valence-electron chi connectivity index (χ1n) is 8.64. The average Bonchev–Trinajstić information content (AvgIpc) is 3.07. The molecule has 0 saturated heterocycles. The van der Waals surface area contributed by atoms with Crippen LogP contribution in [0, 0.1) is 0 Å². The Balaban J connectivity index is 1.93. The molecule has 1 heterocycles. The number of anilines is 1. The molecule has 0 aliphatic rings. The molecule has 0 atom stereocenters. The monoisotopic (exact) mass is 403 g/mol. The van der Waals surface area contributed by atoms with E-state index in [2.05, 4.69) is 9.88 Å². The molecule has 0 saturated carbocycles.